The lowest BCUT2D eigenvalue weighted by Crippen LogP contribution is -2.17. The Balaban J connectivity index is 1.51. The smallest absolute Gasteiger partial charge is 0.234 e. The van der Waals surface area contributed by atoms with Gasteiger partial charge in [0, 0.05) is 11.1 Å². The molecule has 1 amide bonds. The van der Waals surface area contributed by atoms with Gasteiger partial charge in [-0.25, -0.2) is 4.39 Å². The number of anilines is 1. The van der Waals surface area contributed by atoms with E-state index in [0.29, 0.717) is 21.8 Å². The molecule has 9 heteroatoms. The number of nitrogens with zero attached hydrogens (tertiary/aromatic N) is 3. The van der Waals surface area contributed by atoms with Gasteiger partial charge in [0.1, 0.15) is 5.82 Å². The Kier molecular flexibility index (Phi) is 6.20. The highest BCUT2D eigenvalue weighted by molar-refractivity contribution is 7.99. The predicted octanol–water partition coefficient (Wildman–Crippen LogP) is 5.57. The van der Waals surface area contributed by atoms with Crippen molar-refractivity contribution in [3.63, 3.8) is 0 Å². The van der Waals surface area contributed by atoms with Gasteiger partial charge >= 0.3 is 0 Å². The number of benzene rings is 1. The van der Waals surface area contributed by atoms with Crippen molar-refractivity contribution in [1.29, 1.82) is 0 Å². The molecule has 0 saturated heterocycles. The minimum Gasteiger partial charge on any atom is -0.461 e. The quantitative estimate of drug-likeness (QED) is 0.513. The first-order valence-electron chi connectivity index (χ1n) is 9.48. The molecule has 0 aliphatic heterocycles. The summed E-state index contributed by atoms with van der Waals surface area (Å²) in [6.45, 7) is 0. The van der Waals surface area contributed by atoms with Crippen LogP contribution in [0.4, 0.5) is 10.1 Å². The summed E-state index contributed by atoms with van der Waals surface area (Å²) in [5.41, 5.74) is 0.0631. The molecule has 152 valence electrons. The van der Waals surface area contributed by atoms with Gasteiger partial charge in [-0.1, -0.05) is 42.6 Å². The van der Waals surface area contributed by atoms with Gasteiger partial charge in [-0.3, -0.25) is 9.36 Å². The maximum atomic E-state index is 13.8. The molecule has 6 nitrogen and oxygen atoms in total. The Morgan fingerprint density at radius 1 is 1.28 bits per heavy atom. The zero-order valence-electron chi connectivity index (χ0n) is 15.6. The van der Waals surface area contributed by atoms with Gasteiger partial charge in [0.05, 0.1) is 17.7 Å². The minimum absolute atomic E-state index is 0.0631. The lowest BCUT2D eigenvalue weighted by molar-refractivity contribution is -0.113. The van der Waals surface area contributed by atoms with E-state index in [0.717, 1.165) is 25.7 Å². The standard InChI is InChI=1S/C20H20ClFN4O2S/c21-13-8-9-15(22)16(11-13)23-18(27)12-29-20-25-24-19(17-7-4-10-28-17)26(20)14-5-2-1-3-6-14/h4,7-11,14H,1-3,5-6,12H2,(H,23,27). The molecule has 0 bridgehead atoms. The first kappa shape index (κ1) is 20.0. The molecule has 29 heavy (non-hydrogen) atoms. The first-order chi connectivity index (χ1) is 14.1. The molecular weight excluding hydrogens is 415 g/mol. The SMILES string of the molecule is O=C(CSc1nnc(-c2ccco2)n1C1CCCCC1)Nc1cc(Cl)ccc1F. The fourth-order valence-corrected chi connectivity index (χ4v) is 4.50. The average molecular weight is 435 g/mol. The summed E-state index contributed by atoms with van der Waals surface area (Å²) in [7, 11) is 0. The van der Waals surface area contributed by atoms with E-state index in [9.17, 15) is 9.18 Å². The predicted molar refractivity (Wildman–Crippen MR) is 111 cm³/mol. The highest BCUT2D eigenvalue weighted by Crippen LogP contribution is 2.35. The third-order valence-electron chi connectivity index (χ3n) is 4.88. The van der Waals surface area contributed by atoms with Crippen LogP contribution in [0.1, 0.15) is 38.1 Å². The fourth-order valence-electron chi connectivity index (χ4n) is 3.53. The van der Waals surface area contributed by atoms with E-state index in [-0.39, 0.29) is 23.4 Å². The normalized spacial score (nSPS) is 14.8. The van der Waals surface area contributed by atoms with E-state index < -0.39 is 5.82 Å². The van der Waals surface area contributed by atoms with Crippen molar-refractivity contribution in [2.24, 2.45) is 0 Å². The van der Waals surface area contributed by atoms with Crippen LogP contribution in [-0.4, -0.2) is 26.4 Å². The maximum Gasteiger partial charge on any atom is 0.234 e. The van der Waals surface area contributed by atoms with Gasteiger partial charge in [0.15, 0.2) is 10.9 Å². The second kappa shape index (κ2) is 9.00. The van der Waals surface area contributed by atoms with Gasteiger partial charge in [-0.2, -0.15) is 0 Å². The lowest BCUT2D eigenvalue weighted by Gasteiger charge is -2.25. The Hall–Kier alpha value is -2.32. The zero-order valence-corrected chi connectivity index (χ0v) is 17.2. The number of rotatable bonds is 6. The second-order valence-corrected chi connectivity index (χ2v) is 8.29. The second-order valence-electron chi connectivity index (χ2n) is 6.91. The summed E-state index contributed by atoms with van der Waals surface area (Å²) in [5, 5.41) is 12.2. The van der Waals surface area contributed by atoms with Crippen LogP contribution >= 0.6 is 23.4 Å². The highest BCUT2D eigenvalue weighted by atomic mass is 35.5. The molecule has 0 radical (unpaired) electrons. The summed E-state index contributed by atoms with van der Waals surface area (Å²) in [6.07, 6.45) is 7.22. The molecule has 1 fully saturated rings. The Morgan fingerprint density at radius 3 is 2.86 bits per heavy atom. The van der Waals surface area contributed by atoms with Crippen molar-refractivity contribution in [3.8, 4) is 11.6 Å². The number of halogens is 2. The molecular formula is C20H20ClFN4O2S. The highest BCUT2D eigenvalue weighted by Gasteiger charge is 2.25. The third-order valence-corrected chi connectivity index (χ3v) is 6.06. The van der Waals surface area contributed by atoms with Crippen molar-refractivity contribution < 1.29 is 13.6 Å². The van der Waals surface area contributed by atoms with Gasteiger partial charge in [0.2, 0.25) is 11.7 Å². The number of carbonyl (C=O) groups excluding carboxylic acids is 1. The first-order valence-corrected chi connectivity index (χ1v) is 10.8. The summed E-state index contributed by atoms with van der Waals surface area (Å²) in [5.74, 6) is 0.535. The number of hydrogen-bond donors (Lipinski definition) is 1. The minimum atomic E-state index is -0.529. The van der Waals surface area contributed by atoms with Crippen molar-refractivity contribution in [2.75, 3.05) is 11.1 Å². The molecule has 1 aliphatic carbocycles. The lowest BCUT2D eigenvalue weighted by atomic mass is 9.95. The van der Waals surface area contributed by atoms with Crippen LogP contribution in [0.25, 0.3) is 11.6 Å². The van der Waals surface area contributed by atoms with Gasteiger partial charge < -0.3 is 9.73 Å². The van der Waals surface area contributed by atoms with Crippen LogP contribution in [-0.2, 0) is 4.79 Å². The van der Waals surface area contributed by atoms with Gasteiger partial charge in [-0.15, -0.1) is 10.2 Å². The number of nitrogens with one attached hydrogen (secondary N) is 1. The summed E-state index contributed by atoms with van der Waals surface area (Å²) < 4.78 is 21.5. The third kappa shape index (κ3) is 4.64. The molecule has 1 N–H and O–H groups in total. The van der Waals surface area contributed by atoms with E-state index in [1.54, 1.807) is 6.26 Å². The Labute approximate surface area is 176 Å². The van der Waals surface area contributed by atoms with Crippen LogP contribution < -0.4 is 5.32 Å². The van der Waals surface area contributed by atoms with Crippen molar-refractivity contribution in [3.05, 3.63) is 47.4 Å². The fraction of sp³-hybridized carbons (Fsp3) is 0.350. The topological polar surface area (TPSA) is 73.0 Å². The van der Waals surface area contributed by atoms with Crippen LogP contribution in [0.5, 0.6) is 0 Å². The maximum absolute atomic E-state index is 13.8. The number of furan rings is 1. The monoisotopic (exact) mass is 434 g/mol. The molecule has 3 aromatic rings. The van der Waals surface area contributed by atoms with Crippen LogP contribution in [0, 0.1) is 5.82 Å². The molecule has 1 saturated carbocycles. The molecule has 1 aromatic carbocycles. The molecule has 4 rings (SSSR count). The average Bonchev–Trinajstić information content (AvgIpc) is 3.39. The van der Waals surface area contributed by atoms with E-state index in [1.807, 2.05) is 12.1 Å². The van der Waals surface area contributed by atoms with E-state index in [2.05, 4.69) is 20.1 Å². The van der Waals surface area contributed by atoms with E-state index in [1.165, 1.54) is 36.4 Å². The van der Waals surface area contributed by atoms with Crippen molar-refractivity contribution >= 4 is 35.0 Å². The van der Waals surface area contributed by atoms with Crippen LogP contribution in [0.15, 0.2) is 46.2 Å². The van der Waals surface area contributed by atoms with Crippen molar-refractivity contribution in [2.45, 2.75) is 43.3 Å². The number of hydrogen-bond acceptors (Lipinski definition) is 5. The molecule has 1 aliphatic rings. The number of thioether (sulfide) groups is 1. The summed E-state index contributed by atoms with van der Waals surface area (Å²) >= 11 is 7.15. The molecule has 2 aromatic heterocycles. The summed E-state index contributed by atoms with van der Waals surface area (Å²) in [4.78, 5) is 12.4. The van der Waals surface area contributed by atoms with E-state index >= 15 is 0 Å². The number of carbonyl (C=O) groups is 1. The molecule has 0 atom stereocenters. The number of amides is 1. The van der Waals surface area contributed by atoms with Crippen LogP contribution in [0.2, 0.25) is 5.02 Å². The molecule has 2 heterocycles. The zero-order chi connectivity index (χ0) is 20.2. The largest absolute Gasteiger partial charge is 0.461 e. The molecule has 0 spiro atoms. The Morgan fingerprint density at radius 2 is 2.10 bits per heavy atom. The number of aromatic nitrogens is 3. The van der Waals surface area contributed by atoms with Gasteiger partial charge in [0.25, 0.3) is 0 Å². The van der Waals surface area contributed by atoms with Crippen LogP contribution in [0.3, 0.4) is 0 Å². The Bertz CT molecular complexity index is 987. The van der Waals surface area contributed by atoms with Crippen molar-refractivity contribution in [1.82, 2.24) is 14.8 Å². The van der Waals surface area contributed by atoms with E-state index in [4.69, 9.17) is 16.0 Å². The summed E-state index contributed by atoms with van der Waals surface area (Å²) in [6, 6.07) is 7.99. The van der Waals surface area contributed by atoms with Gasteiger partial charge in [-0.05, 0) is 43.2 Å². The molecule has 0 unspecified atom stereocenters.